The Kier molecular flexibility index (Phi) is 7.57. The Labute approximate surface area is 165 Å². The van der Waals surface area contributed by atoms with Gasteiger partial charge in [-0.15, -0.1) is 0 Å². The Balaban J connectivity index is 2.54. The first-order chi connectivity index (χ1) is 12.2. The van der Waals surface area contributed by atoms with E-state index in [0.717, 1.165) is 5.69 Å². The summed E-state index contributed by atoms with van der Waals surface area (Å²) in [5, 5.41) is 4.16. The van der Waals surface area contributed by atoms with Crippen molar-refractivity contribution in [3.8, 4) is 0 Å². The molecule has 0 saturated carbocycles. The van der Waals surface area contributed by atoms with Crippen LogP contribution in [0.3, 0.4) is 0 Å². The lowest BCUT2D eigenvalue weighted by atomic mass is 10.2. The van der Waals surface area contributed by atoms with Gasteiger partial charge in [0, 0.05) is 21.3 Å². The molecule has 0 fully saturated rings. The van der Waals surface area contributed by atoms with Crippen molar-refractivity contribution in [1.29, 1.82) is 0 Å². The molecule has 0 aromatic heterocycles. The van der Waals surface area contributed by atoms with Crippen LogP contribution in [0.5, 0.6) is 0 Å². The predicted molar refractivity (Wildman–Crippen MR) is 109 cm³/mol. The van der Waals surface area contributed by atoms with Crippen LogP contribution in [-0.4, -0.2) is 12.2 Å². The van der Waals surface area contributed by atoms with Crippen molar-refractivity contribution in [2.24, 2.45) is 0 Å². The van der Waals surface area contributed by atoms with Crippen molar-refractivity contribution in [3.05, 3.63) is 64.1 Å². The van der Waals surface area contributed by atoms with Crippen LogP contribution in [0.25, 0.3) is 0 Å². The van der Waals surface area contributed by atoms with Gasteiger partial charge in [-0.05, 0) is 52.0 Å². The molecule has 142 valence electrons. The monoisotopic (exact) mass is 415 g/mol. The summed E-state index contributed by atoms with van der Waals surface area (Å²) in [6.45, 7) is 7.28. The first kappa shape index (κ1) is 21.3. The minimum atomic E-state index is -3.61. The van der Waals surface area contributed by atoms with Crippen LogP contribution in [0.1, 0.15) is 39.0 Å². The normalized spacial score (nSPS) is 13.2. The third-order valence-electron chi connectivity index (χ3n) is 3.37. The Morgan fingerprint density at radius 1 is 0.923 bits per heavy atom. The fraction of sp³-hybridized carbons (Fsp3) is 0.368. The van der Waals surface area contributed by atoms with Crippen LogP contribution in [-0.2, 0) is 13.6 Å². The summed E-state index contributed by atoms with van der Waals surface area (Å²) in [6.07, 6.45) is -0.573. The molecule has 0 saturated heterocycles. The molecule has 2 aromatic rings. The summed E-state index contributed by atoms with van der Waals surface area (Å²) in [6, 6.07) is 14.5. The van der Waals surface area contributed by atoms with Gasteiger partial charge in [0.2, 0.25) is 0 Å². The zero-order chi connectivity index (χ0) is 19.3. The second kappa shape index (κ2) is 9.25. The summed E-state index contributed by atoms with van der Waals surface area (Å²) in [5.74, 6) is -0.778. The number of anilines is 1. The average Bonchev–Trinajstić information content (AvgIpc) is 2.52. The quantitative estimate of drug-likeness (QED) is 0.465. The number of rotatable bonds is 8. The van der Waals surface area contributed by atoms with Crippen LogP contribution >= 0.6 is 30.8 Å². The number of benzene rings is 2. The zero-order valence-corrected chi connectivity index (χ0v) is 17.7. The van der Waals surface area contributed by atoms with Gasteiger partial charge in [-0.3, -0.25) is 4.57 Å². The van der Waals surface area contributed by atoms with E-state index < -0.39 is 13.4 Å². The minimum absolute atomic E-state index is 0.286. The molecule has 1 atom stereocenters. The van der Waals surface area contributed by atoms with E-state index >= 15 is 0 Å². The third kappa shape index (κ3) is 5.73. The average molecular weight is 416 g/mol. The van der Waals surface area contributed by atoms with Crippen LogP contribution in [0.4, 0.5) is 5.69 Å². The summed E-state index contributed by atoms with van der Waals surface area (Å²) >= 11 is 12.4. The Bertz CT molecular complexity index is 755. The number of hydrogen-bond donors (Lipinski definition) is 1. The Morgan fingerprint density at radius 3 is 2.00 bits per heavy atom. The van der Waals surface area contributed by atoms with Crippen LogP contribution < -0.4 is 5.32 Å². The second-order valence-electron chi connectivity index (χ2n) is 6.43. The smallest absolute Gasteiger partial charge is 0.357 e. The molecular weight excluding hydrogens is 392 g/mol. The highest BCUT2D eigenvalue weighted by Gasteiger charge is 2.40. The SMILES string of the molecule is CC(C)OP(=O)(OC(C)C)C(Nc1ccccc1)c1ccc(Cl)cc1Cl. The molecule has 1 unspecified atom stereocenters. The van der Waals surface area contributed by atoms with Crippen molar-refractivity contribution in [2.75, 3.05) is 5.32 Å². The largest absolute Gasteiger partial charge is 0.368 e. The minimum Gasteiger partial charge on any atom is -0.368 e. The van der Waals surface area contributed by atoms with Crippen molar-refractivity contribution in [3.63, 3.8) is 0 Å². The van der Waals surface area contributed by atoms with Gasteiger partial charge < -0.3 is 14.4 Å². The molecule has 1 N–H and O–H groups in total. The first-order valence-electron chi connectivity index (χ1n) is 8.44. The fourth-order valence-electron chi connectivity index (χ4n) is 2.48. The second-order valence-corrected chi connectivity index (χ2v) is 9.29. The molecule has 2 rings (SSSR count). The van der Waals surface area contributed by atoms with Gasteiger partial charge >= 0.3 is 7.60 Å². The lowest BCUT2D eigenvalue weighted by Crippen LogP contribution is -2.19. The zero-order valence-electron chi connectivity index (χ0n) is 15.3. The summed E-state index contributed by atoms with van der Waals surface area (Å²) in [7, 11) is -3.61. The Hall–Kier alpha value is -1.03. The molecular formula is C19H24Cl2NO3P. The molecule has 0 radical (unpaired) electrons. The molecule has 7 heteroatoms. The summed E-state index contributed by atoms with van der Waals surface area (Å²) in [5.41, 5.74) is 1.38. The van der Waals surface area contributed by atoms with Crippen LogP contribution in [0.15, 0.2) is 48.5 Å². The third-order valence-corrected chi connectivity index (χ3v) is 6.40. The number of nitrogens with one attached hydrogen (secondary N) is 1. The van der Waals surface area contributed by atoms with E-state index in [4.69, 9.17) is 32.2 Å². The molecule has 0 aliphatic rings. The molecule has 26 heavy (non-hydrogen) atoms. The maximum atomic E-state index is 13.8. The highest BCUT2D eigenvalue weighted by atomic mass is 35.5. The van der Waals surface area contributed by atoms with Crippen LogP contribution in [0, 0.1) is 0 Å². The molecule has 0 amide bonds. The van der Waals surface area contributed by atoms with Crippen molar-refractivity contribution < 1.29 is 13.6 Å². The van der Waals surface area contributed by atoms with Crippen molar-refractivity contribution >= 4 is 36.5 Å². The Morgan fingerprint density at radius 2 is 1.50 bits per heavy atom. The van der Waals surface area contributed by atoms with Crippen molar-refractivity contribution in [1.82, 2.24) is 0 Å². The van der Waals surface area contributed by atoms with Gasteiger partial charge in [-0.2, -0.15) is 0 Å². The van der Waals surface area contributed by atoms with E-state index in [0.29, 0.717) is 15.6 Å². The highest BCUT2D eigenvalue weighted by Crippen LogP contribution is 2.63. The first-order valence-corrected chi connectivity index (χ1v) is 10.8. The summed E-state index contributed by atoms with van der Waals surface area (Å²) < 4.78 is 25.4. The van der Waals surface area contributed by atoms with Gasteiger partial charge in [0.05, 0.1) is 12.2 Å². The molecule has 0 aliphatic carbocycles. The lowest BCUT2D eigenvalue weighted by molar-refractivity contribution is 0.138. The van der Waals surface area contributed by atoms with E-state index in [1.807, 2.05) is 58.0 Å². The van der Waals surface area contributed by atoms with E-state index in [1.54, 1.807) is 18.2 Å². The predicted octanol–water partition coefficient (Wildman–Crippen LogP) is 7.15. The van der Waals surface area contributed by atoms with Gasteiger partial charge in [-0.1, -0.05) is 47.5 Å². The lowest BCUT2D eigenvalue weighted by Gasteiger charge is -2.31. The summed E-state index contributed by atoms with van der Waals surface area (Å²) in [4.78, 5) is 0. The standard InChI is InChI=1S/C19H24Cl2NO3P/c1-13(2)24-26(23,25-14(3)4)19(22-16-8-6-5-7-9-16)17-11-10-15(20)12-18(17)21/h5-14,19,22H,1-4H3. The fourth-order valence-corrected chi connectivity index (χ4v) is 5.41. The van der Waals surface area contributed by atoms with Gasteiger partial charge in [0.15, 0.2) is 5.78 Å². The maximum Gasteiger partial charge on any atom is 0.357 e. The van der Waals surface area contributed by atoms with Crippen molar-refractivity contribution in [2.45, 2.75) is 45.7 Å². The molecule has 4 nitrogen and oxygen atoms in total. The van der Waals surface area contributed by atoms with E-state index in [9.17, 15) is 4.57 Å². The topological polar surface area (TPSA) is 47.6 Å². The number of para-hydroxylation sites is 1. The molecule has 0 bridgehead atoms. The van der Waals surface area contributed by atoms with Gasteiger partial charge in [0.1, 0.15) is 0 Å². The van der Waals surface area contributed by atoms with Crippen LogP contribution in [0.2, 0.25) is 10.0 Å². The molecule has 0 heterocycles. The molecule has 0 aliphatic heterocycles. The van der Waals surface area contributed by atoms with E-state index in [-0.39, 0.29) is 12.2 Å². The molecule has 0 spiro atoms. The number of hydrogen-bond acceptors (Lipinski definition) is 4. The number of halogens is 2. The maximum absolute atomic E-state index is 13.8. The van der Waals surface area contributed by atoms with Gasteiger partial charge in [-0.25, -0.2) is 0 Å². The van der Waals surface area contributed by atoms with E-state index in [1.165, 1.54) is 0 Å². The highest BCUT2D eigenvalue weighted by molar-refractivity contribution is 7.54. The molecule has 2 aromatic carbocycles. The van der Waals surface area contributed by atoms with E-state index in [2.05, 4.69) is 5.32 Å². The van der Waals surface area contributed by atoms with Gasteiger partial charge in [0.25, 0.3) is 0 Å².